The zero-order valence-electron chi connectivity index (χ0n) is 25.3. The maximum atomic E-state index is 6.78. The molecule has 0 aromatic carbocycles. The first-order chi connectivity index (χ1) is 19.0. The minimum atomic E-state index is -0.810. The normalized spacial score (nSPS) is 35.4. The summed E-state index contributed by atoms with van der Waals surface area (Å²) < 4.78 is 68.2. The summed E-state index contributed by atoms with van der Waals surface area (Å²) in [6.07, 6.45) is -5.36. The first kappa shape index (κ1) is 34.8. The van der Waals surface area contributed by atoms with E-state index in [-0.39, 0.29) is 12.7 Å². The van der Waals surface area contributed by atoms with Crippen LogP contribution in [0.4, 0.5) is 0 Å². The van der Waals surface area contributed by atoms with Gasteiger partial charge in [0.15, 0.2) is 12.6 Å². The van der Waals surface area contributed by atoms with E-state index in [1.54, 1.807) is 0 Å². The molecule has 0 aromatic heterocycles. The molecule has 0 radical (unpaired) electrons. The lowest BCUT2D eigenvalue weighted by Gasteiger charge is -2.50. The highest BCUT2D eigenvalue weighted by Crippen LogP contribution is 2.35. The van der Waals surface area contributed by atoms with Gasteiger partial charge in [0.1, 0.15) is 48.8 Å². The second-order valence-electron chi connectivity index (χ2n) is 9.06. The second-order valence-corrected chi connectivity index (χ2v) is 9.06. The van der Waals surface area contributed by atoms with Gasteiger partial charge in [-0.05, 0) is 55.4 Å². The Morgan fingerprint density at radius 3 is 1.26 bits per heavy atom. The lowest BCUT2D eigenvalue weighted by atomic mass is 9.96. The zero-order chi connectivity index (χ0) is 28.6. The summed E-state index contributed by atoms with van der Waals surface area (Å²) in [5.41, 5.74) is 0. The van der Waals surface area contributed by atoms with Gasteiger partial charge in [-0.15, -0.1) is 0 Å². The first-order valence-corrected chi connectivity index (χ1v) is 14.9. The maximum absolute atomic E-state index is 6.78. The fourth-order valence-electron chi connectivity index (χ4n) is 5.12. The summed E-state index contributed by atoms with van der Waals surface area (Å²) in [7, 11) is 0. The predicted molar refractivity (Wildman–Crippen MR) is 144 cm³/mol. The molecule has 0 saturated carbocycles. The molecule has 0 spiro atoms. The Kier molecular flexibility index (Phi) is 17.5. The van der Waals surface area contributed by atoms with Gasteiger partial charge >= 0.3 is 0 Å². The van der Waals surface area contributed by atoms with Crippen molar-refractivity contribution in [1.29, 1.82) is 0 Å². The van der Waals surface area contributed by atoms with E-state index in [0.717, 1.165) is 0 Å². The molecule has 10 atom stereocenters. The highest BCUT2D eigenvalue weighted by molar-refractivity contribution is 4.97. The molecule has 11 heteroatoms. The fourth-order valence-corrected chi connectivity index (χ4v) is 5.12. The van der Waals surface area contributed by atoms with Crippen molar-refractivity contribution in [3.8, 4) is 0 Å². The zero-order valence-corrected chi connectivity index (χ0v) is 25.3. The topological polar surface area (TPSA) is 102 Å². The molecule has 39 heavy (non-hydrogen) atoms. The highest BCUT2D eigenvalue weighted by atomic mass is 16.8. The molecule has 2 aliphatic rings. The van der Waals surface area contributed by atoms with Gasteiger partial charge in [0.2, 0.25) is 0 Å². The van der Waals surface area contributed by atoms with E-state index in [4.69, 9.17) is 52.1 Å². The van der Waals surface area contributed by atoms with E-state index in [2.05, 4.69) is 0 Å². The Morgan fingerprint density at radius 2 is 0.769 bits per heavy atom. The molecular formula is C28H54O11. The maximum Gasteiger partial charge on any atom is 0.187 e. The van der Waals surface area contributed by atoms with E-state index in [9.17, 15) is 0 Å². The average Bonchev–Trinajstić information content (AvgIpc) is 2.93. The molecule has 0 N–H and O–H groups in total. The standard InChI is InChI=1S/C28H54O11/c1-9-29-17-19-21(31-11-3)23(32-12-4)26(35-15-7)28(38-19)39-22-20(18-30-10-2)37-27(36-16-8)25(34-14-6)24(22)33-13-5/h19-28H,9-18H2,1-8H3. The molecule has 2 rings (SSSR count). The van der Waals surface area contributed by atoms with Gasteiger partial charge in [-0.3, -0.25) is 0 Å². The van der Waals surface area contributed by atoms with Crippen LogP contribution in [0.2, 0.25) is 0 Å². The van der Waals surface area contributed by atoms with E-state index in [1.165, 1.54) is 0 Å². The van der Waals surface area contributed by atoms with E-state index >= 15 is 0 Å². The van der Waals surface area contributed by atoms with Crippen LogP contribution in [0.5, 0.6) is 0 Å². The summed E-state index contributed by atoms with van der Waals surface area (Å²) >= 11 is 0. The van der Waals surface area contributed by atoms with Crippen molar-refractivity contribution in [1.82, 2.24) is 0 Å². The Bertz CT molecular complexity index is 612. The molecular weight excluding hydrogens is 512 g/mol. The van der Waals surface area contributed by atoms with E-state index in [0.29, 0.717) is 59.5 Å². The molecule has 0 amide bonds. The number of hydrogen-bond donors (Lipinski definition) is 0. The monoisotopic (exact) mass is 566 g/mol. The molecule has 2 aliphatic heterocycles. The average molecular weight is 567 g/mol. The van der Waals surface area contributed by atoms with Crippen LogP contribution in [-0.2, 0) is 52.1 Å². The molecule has 0 bridgehead atoms. The summed E-state index contributed by atoms with van der Waals surface area (Å²) in [6, 6.07) is 0. The molecule has 10 unspecified atom stereocenters. The molecule has 232 valence electrons. The van der Waals surface area contributed by atoms with E-state index in [1.807, 2.05) is 55.4 Å². The van der Waals surface area contributed by atoms with Gasteiger partial charge in [0.25, 0.3) is 0 Å². The quantitative estimate of drug-likeness (QED) is 0.217. The highest BCUT2D eigenvalue weighted by Gasteiger charge is 2.54. The SMILES string of the molecule is CCOCC1OC(OC2C(COCC)OC(OCC)C(OCC)C2OCC)C(OCC)C(OCC)C1OCC. The Labute approximate surface area is 235 Å². The Balaban J connectivity index is 2.47. The Morgan fingerprint density at radius 1 is 0.385 bits per heavy atom. The summed E-state index contributed by atoms with van der Waals surface area (Å²) in [5, 5.41) is 0. The third kappa shape index (κ3) is 9.82. The fraction of sp³-hybridized carbons (Fsp3) is 1.00. The van der Waals surface area contributed by atoms with Crippen molar-refractivity contribution in [2.24, 2.45) is 0 Å². The van der Waals surface area contributed by atoms with Crippen molar-refractivity contribution in [3.05, 3.63) is 0 Å². The van der Waals surface area contributed by atoms with Crippen LogP contribution in [0, 0.1) is 0 Å². The van der Waals surface area contributed by atoms with Gasteiger partial charge in [-0.2, -0.15) is 0 Å². The molecule has 0 aliphatic carbocycles. The second kappa shape index (κ2) is 19.6. The van der Waals surface area contributed by atoms with Crippen molar-refractivity contribution in [3.63, 3.8) is 0 Å². The van der Waals surface area contributed by atoms with Crippen molar-refractivity contribution in [2.45, 2.75) is 117 Å². The number of rotatable bonds is 20. The van der Waals surface area contributed by atoms with Gasteiger partial charge in [0, 0.05) is 52.9 Å². The minimum absolute atomic E-state index is 0.290. The summed E-state index contributed by atoms with van der Waals surface area (Å²) in [6.45, 7) is 20.0. The van der Waals surface area contributed by atoms with Crippen molar-refractivity contribution >= 4 is 0 Å². The smallest absolute Gasteiger partial charge is 0.187 e. The predicted octanol–water partition coefficient (Wildman–Crippen LogP) is 2.96. The van der Waals surface area contributed by atoms with Gasteiger partial charge < -0.3 is 52.1 Å². The van der Waals surface area contributed by atoms with Crippen LogP contribution in [0.3, 0.4) is 0 Å². The molecule has 2 saturated heterocycles. The lowest BCUT2D eigenvalue weighted by molar-refractivity contribution is -0.373. The summed E-state index contributed by atoms with van der Waals surface area (Å²) in [4.78, 5) is 0. The third-order valence-corrected chi connectivity index (χ3v) is 6.57. The van der Waals surface area contributed by atoms with Crippen molar-refractivity contribution < 1.29 is 52.1 Å². The summed E-state index contributed by atoms with van der Waals surface area (Å²) in [5.74, 6) is 0. The van der Waals surface area contributed by atoms with Crippen LogP contribution in [0.1, 0.15) is 55.4 Å². The van der Waals surface area contributed by atoms with E-state index < -0.39 is 55.3 Å². The third-order valence-electron chi connectivity index (χ3n) is 6.57. The number of hydrogen-bond acceptors (Lipinski definition) is 11. The van der Waals surface area contributed by atoms with Crippen LogP contribution in [0.25, 0.3) is 0 Å². The van der Waals surface area contributed by atoms with Gasteiger partial charge in [0.05, 0.1) is 13.2 Å². The van der Waals surface area contributed by atoms with Crippen LogP contribution in [-0.4, -0.2) is 127 Å². The Hall–Kier alpha value is -0.440. The van der Waals surface area contributed by atoms with Crippen molar-refractivity contribution in [2.75, 3.05) is 66.1 Å². The van der Waals surface area contributed by atoms with Gasteiger partial charge in [-0.25, -0.2) is 0 Å². The minimum Gasteiger partial charge on any atom is -0.379 e. The van der Waals surface area contributed by atoms with Crippen LogP contribution in [0.15, 0.2) is 0 Å². The molecule has 2 heterocycles. The van der Waals surface area contributed by atoms with Gasteiger partial charge in [-0.1, -0.05) is 0 Å². The molecule has 0 aromatic rings. The van der Waals surface area contributed by atoms with Crippen LogP contribution < -0.4 is 0 Å². The van der Waals surface area contributed by atoms with Crippen LogP contribution >= 0.6 is 0 Å². The lowest BCUT2D eigenvalue weighted by Crippen LogP contribution is -2.66. The first-order valence-electron chi connectivity index (χ1n) is 14.9. The molecule has 2 fully saturated rings. The largest absolute Gasteiger partial charge is 0.379 e. The number of ether oxygens (including phenoxy) is 11. The molecule has 11 nitrogen and oxygen atoms in total.